The number of ketones is 2. The number of allylic oxidation sites excluding steroid dienone is 4. The van der Waals surface area contributed by atoms with Gasteiger partial charge in [0.25, 0.3) is 0 Å². The number of dihydropyridines is 1. The molecular formula is C32H34BrCl2NO4. The lowest BCUT2D eigenvalue weighted by atomic mass is 9.64. The van der Waals surface area contributed by atoms with Crippen LogP contribution in [-0.2, 0) is 16.2 Å². The fraction of sp³-hybridized carbons (Fsp3) is 0.438. The normalized spacial score (nSPS) is 20.2. The molecule has 1 N–H and O–H groups in total. The van der Waals surface area contributed by atoms with E-state index in [4.69, 9.17) is 32.7 Å². The summed E-state index contributed by atoms with van der Waals surface area (Å²) in [5.74, 6) is 0.796. The van der Waals surface area contributed by atoms with Crippen LogP contribution < -0.4 is 14.8 Å². The third kappa shape index (κ3) is 5.73. The summed E-state index contributed by atoms with van der Waals surface area (Å²) in [5, 5.41) is 4.51. The van der Waals surface area contributed by atoms with Gasteiger partial charge in [0.2, 0.25) is 0 Å². The molecule has 0 atom stereocenters. The summed E-state index contributed by atoms with van der Waals surface area (Å²) in [6, 6.07) is 9.25. The number of hydrogen-bond acceptors (Lipinski definition) is 5. The van der Waals surface area contributed by atoms with E-state index < -0.39 is 5.92 Å². The van der Waals surface area contributed by atoms with Crippen molar-refractivity contribution in [3.63, 3.8) is 0 Å². The maximum atomic E-state index is 13.7. The number of carbonyl (C=O) groups is 2. The lowest BCUT2D eigenvalue weighted by molar-refractivity contribution is -0.119. The van der Waals surface area contributed by atoms with Crippen molar-refractivity contribution in [2.45, 2.75) is 72.8 Å². The van der Waals surface area contributed by atoms with Gasteiger partial charge in [-0.15, -0.1) is 0 Å². The van der Waals surface area contributed by atoms with Crippen molar-refractivity contribution in [2.24, 2.45) is 10.8 Å². The molecule has 0 amide bonds. The molecule has 0 aromatic heterocycles. The largest absolute Gasteiger partial charge is 0.490 e. The molecule has 3 aliphatic rings. The highest BCUT2D eigenvalue weighted by molar-refractivity contribution is 9.10. The van der Waals surface area contributed by atoms with Gasteiger partial charge in [-0.3, -0.25) is 9.59 Å². The Kier molecular flexibility index (Phi) is 7.92. The van der Waals surface area contributed by atoms with Crippen LogP contribution in [0.3, 0.4) is 0 Å². The molecule has 0 fully saturated rings. The van der Waals surface area contributed by atoms with Crippen LogP contribution in [-0.4, -0.2) is 18.2 Å². The van der Waals surface area contributed by atoms with Crippen molar-refractivity contribution < 1.29 is 19.1 Å². The van der Waals surface area contributed by atoms with E-state index in [0.29, 0.717) is 56.6 Å². The van der Waals surface area contributed by atoms with Gasteiger partial charge >= 0.3 is 0 Å². The Morgan fingerprint density at radius 2 is 1.48 bits per heavy atom. The number of Topliss-reactive ketones (excluding diaryl/α,β-unsaturated/α-hetero) is 2. The van der Waals surface area contributed by atoms with E-state index in [1.54, 1.807) is 12.1 Å². The van der Waals surface area contributed by atoms with Crippen molar-refractivity contribution in [2.75, 3.05) is 6.61 Å². The Hall–Kier alpha value is -2.28. The summed E-state index contributed by atoms with van der Waals surface area (Å²) in [5.41, 5.74) is 4.66. The first kappa shape index (κ1) is 29.2. The minimum Gasteiger partial charge on any atom is -0.490 e. The van der Waals surface area contributed by atoms with Crippen LogP contribution >= 0.6 is 39.1 Å². The van der Waals surface area contributed by atoms with Crippen LogP contribution in [0.4, 0.5) is 0 Å². The van der Waals surface area contributed by atoms with Crippen LogP contribution in [0.5, 0.6) is 11.5 Å². The lowest BCUT2D eigenvalue weighted by Gasteiger charge is -2.44. The van der Waals surface area contributed by atoms with Gasteiger partial charge in [0.15, 0.2) is 23.1 Å². The van der Waals surface area contributed by atoms with Crippen molar-refractivity contribution in [1.82, 2.24) is 5.32 Å². The molecule has 2 aliphatic carbocycles. The van der Waals surface area contributed by atoms with Gasteiger partial charge < -0.3 is 14.8 Å². The monoisotopic (exact) mass is 645 g/mol. The molecule has 2 aromatic carbocycles. The summed E-state index contributed by atoms with van der Waals surface area (Å²) in [6.07, 6.45) is 2.38. The quantitative estimate of drug-likeness (QED) is 0.340. The fourth-order valence-electron chi connectivity index (χ4n) is 6.16. The molecule has 0 spiro atoms. The van der Waals surface area contributed by atoms with Crippen LogP contribution in [0, 0.1) is 10.8 Å². The molecular weight excluding hydrogens is 613 g/mol. The SMILES string of the molecule is CCOc1cc(C2C3=C(CC(C)(C)CC3=O)NC3=C2C(=O)CC(C)(C)C3)cc(Br)c1OCc1ccc(Cl)c(Cl)c1. The van der Waals surface area contributed by atoms with E-state index in [-0.39, 0.29) is 29.0 Å². The van der Waals surface area contributed by atoms with Crippen LogP contribution in [0.25, 0.3) is 0 Å². The van der Waals surface area contributed by atoms with Crippen molar-refractivity contribution in [3.05, 3.63) is 78.5 Å². The van der Waals surface area contributed by atoms with Gasteiger partial charge in [-0.1, -0.05) is 57.0 Å². The molecule has 5 nitrogen and oxygen atoms in total. The minimum absolute atomic E-state index is 0.0851. The maximum absolute atomic E-state index is 13.7. The van der Waals surface area contributed by atoms with Gasteiger partial charge in [0.05, 0.1) is 21.1 Å². The van der Waals surface area contributed by atoms with Gasteiger partial charge in [0, 0.05) is 41.3 Å². The molecule has 8 heteroatoms. The Morgan fingerprint density at radius 1 is 0.875 bits per heavy atom. The smallest absolute Gasteiger partial charge is 0.175 e. The average molecular weight is 647 g/mol. The molecule has 0 radical (unpaired) electrons. The third-order valence-electron chi connectivity index (χ3n) is 7.75. The molecule has 5 rings (SSSR count). The fourth-order valence-corrected chi connectivity index (χ4v) is 7.06. The standard InChI is InChI=1S/C32H34BrCl2NO4/c1-6-39-26-11-18(10-19(33)30(26)40-16-17-7-8-20(34)21(35)9-17)27-28-22(12-31(2,3)14-24(28)37)36-23-13-32(4,5)15-25(38)29(23)27/h7-11,27,36H,6,12-16H2,1-5H3. The highest BCUT2D eigenvalue weighted by atomic mass is 79.9. The highest BCUT2D eigenvalue weighted by Gasteiger charge is 2.46. The van der Waals surface area contributed by atoms with E-state index in [9.17, 15) is 9.59 Å². The van der Waals surface area contributed by atoms with Gasteiger partial charge in [-0.05, 0) is 81.9 Å². The number of nitrogens with one attached hydrogen (secondary N) is 1. The minimum atomic E-state index is -0.460. The van der Waals surface area contributed by atoms with Crippen molar-refractivity contribution in [1.29, 1.82) is 0 Å². The first-order valence-corrected chi connectivity index (χ1v) is 15.2. The first-order valence-electron chi connectivity index (χ1n) is 13.6. The Balaban J connectivity index is 1.60. The van der Waals surface area contributed by atoms with E-state index in [2.05, 4.69) is 48.9 Å². The van der Waals surface area contributed by atoms with E-state index in [1.165, 1.54) is 0 Å². The Bertz CT molecular complexity index is 1420. The van der Waals surface area contributed by atoms with Gasteiger partial charge in [0.1, 0.15) is 6.61 Å². The summed E-state index contributed by atoms with van der Waals surface area (Å²) in [4.78, 5) is 27.4. The van der Waals surface area contributed by atoms with E-state index >= 15 is 0 Å². The van der Waals surface area contributed by atoms with Crippen LogP contribution in [0.2, 0.25) is 10.0 Å². The number of carbonyl (C=O) groups excluding carboxylic acids is 2. The molecule has 2 aromatic rings. The Morgan fingerprint density at radius 3 is 2.02 bits per heavy atom. The average Bonchev–Trinajstić information content (AvgIpc) is 2.82. The zero-order valence-corrected chi connectivity index (χ0v) is 26.6. The summed E-state index contributed by atoms with van der Waals surface area (Å²) in [6.45, 7) is 11.1. The second-order valence-corrected chi connectivity index (χ2v) is 14.2. The number of ether oxygens (including phenoxy) is 2. The second kappa shape index (κ2) is 10.8. The lowest BCUT2D eigenvalue weighted by Crippen LogP contribution is -2.42. The predicted octanol–water partition coefficient (Wildman–Crippen LogP) is 8.71. The Labute approximate surface area is 254 Å². The van der Waals surface area contributed by atoms with Gasteiger partial charge in [-0.25, -0.2) is 0 Å². The van der Waals surface area contributed by atoms with Crippen molar-refractivity contribution in [3.8, 4) is 11.5 Å². The summed E-state index contributed by atoms with van der Waals surface area (Å²) in [7, 11) is 0. The van der Waals surface area contributed by atoms with Crippen LogP contribution in [0.15, 0.2) is 57.3 Å². The maximum Gasteiger partial charge on any atom is 0.175 e. The first-order chi connectivity index (χ1) is 18.8. The zero-order valence-electron chi connectivity index (χ0n) is 23.5. The van der Waals surface area contributed by atoms with E-state index in [0.717, 1.165) is 35.4 Å². The predicted molar refractivity (Wildman–Crippen MR) is 162 cm³/mol. The molecule has 40 heavy (non-hydrogen) atoms. The highest BCUT2D eigenvalue weighted by Crippen LogP contribution is 2.52. The molecule has 1 aliphatic heterocycles. The van der Waals surface area contributed by atoms with E-state index in [1.807, 2.05) is 25.1 Å². The molecule has 0 saturated heterocycles. The molecule has 1 heterocycles. The second-order valence-electron chi connectivity index (χ2n) is 12.5. The van der Waals surface area contributed by atoms with Crippen molar-refractivity contribution >= 4 is 50.7 Å². The topological polar surface area (TPSA) is 64.6 Å². The molecule has 212 valence electrons. The summed E-state index contributed by atoms with van der Waals surface area (Å²) < 4.78 is 12.9. The zero-order chi connectivity index (χ0) is 29.0. The molecule has 0 bridgehead atoms. The van der Waals surface area contributed by atoms with Crippen LogP contribution in [0.1, 0.15) is 77.3 Å². The number of hydrogen-bond donors (Lipinski definition) is 1. The van der Waals surface area contributed by atoms with Gasteiger partial charge in [-0.2, -0.15) is 0 Å². The number of benzene rings is 2. The molecule has 0 unspecified atom stereocenters. The molecule has 0 saturated carbocycles. The summed E-state index contributed by atoms with van der Waals surface area (Å²) >= 11 is 16.0. The number of halogens is 3. The third-order valence-corrected chi connectivity index (χ3v) is 9.08. The number of rotatable bonds is 6.